The molecule has 5 nitrogen and oxygen atoms in total. The van der Waals surface area contributed by atoms with Crippen molar-refractivity contribution >= 4 is 51.7 Å². The highest BCUT2D eigenvalue weighted by molar-refractivity contribution is 14.1. The average Bonchev–Trinajstić information content (AvgIpc) is 3.29. The van der Waals surface area contributed by atoms with Gasteiger partial charge in [0.1, 0.15) is 5.75 Å². The first-order chi connectivity index (χ1) is 15.0. The van der Waals surface area contributed by atoms with Crippen LogP contribution in [0, 0.1) is 15.4 Å². The molecule has 2 amide bonds. The number of carbonyl (C=O) groups is 2. The Morgan fingerprint density at radius 1 is 1.00 bits per heavy atom. The van der Waals surface area contributed by atoms with Gasteiger partial charge in [0, 0.05) is 33.5 Å². The van der Waals surface area contributed by atoms with E-state index in [2.05, 4.69) is 27.9 Å². The number of nitrogens with one attached hydrogen (secondary N) is 1. The molecule has 1 heterocycles. The number of hydrogen-bond donors (Lipinski definition) is 1. The van der Waals surface area contributed by atoms with E-state index in [-0.39, 0.29) is 23.7 Å². The average molecular weight is 553 g/mol. The van der Waals surface area contributed by atoms with Crippen molar-refractivity contribution in [3.63, 3.8) is 0 Å². The second-order valence-electron chi connectivity index (χ2n) is 8.27. The van der Waals surface area contributed by atoms with Gasteiger partial charge in [0.05, 0.1) is 5.69 Å². The molecule has 164 valence electrons. The number of carbonyl (C=O) groups excluding carboxylic acids is 2. The minimum absolute atomic E-state index is 0.0234. The largest absolute Gasteiger partial charge is 0.455 e. The molecule has 31 heavy (non-hydrogen) atoms. The zero-order valence-electron chi connectivity index (χ0n) is 17.3. The van der Waals surface area contributed by atoms with E-state index in [0.717, 1.165) is 29.3 Å². The highest BCUT2D eigenvalue weighted by Gasteiger charge is 2.32. The van der Waals surface area contributed by atoms with Gasteiger partial charge in [-0.25, -0.2) is 0 Å². The number of benzene rings is 2. The fourth-order valence-corrected chi connectivity index (χ4v) is 5.45. The van der Waals surface area contributed by atoms with Crippen molar-refractivity contribution in [2.45, 2.75) is 38.5 Å². The van der Waals surface area contributed by atoms with E-state index in [4.69, 9.17) is 16.3 Å². The number of ether oxygens (including phenoxy) is 1. The van der Waals surface area contributed by atoms with Gasteiger partial charge in [-0.2, -0.15) is 0 Å². The molecule has 0 spiro atoms. The fraction of sp³-hybridized carbons (Fsp3) is 0.417. The topological polar surface area (TPSA) is 58.6 Å². The molecule has 2 aromatic carbocycles. The van der Waals surface area contributed by atoms with Gasteiger partial charge in [0.2, 0.25) is 11.8 Å². The number of piperidine rings is 1. The Balaban J connectivity index is 1.36. The van der Waals surface area contributed by atoms with Crippen molar-refractivity contribution in [2.24, 2.45) is 11.8 Å². The minimum Gasteiger partial charge on any atom is -0.455 e. The number of para-hydroxylation sites is 2. The molecule has 0 atom stereocenters. The van der Waals surface area contributed by atoms with E-state index in [9.17, 15) is 9.59 Å². The Bertz CT molecular complexity index is 933. The fourth-order valence-electron chi connectivity index (χ4n) is 4.40. The van der Waals surface area contributed by atoms with E-state index in [1.54, 1.807) is 6.07 Å². The van der Waals surface area contributed by atoms with E-state index in [0.29, 0.717) is 48.1 Å². The summed E-state index contributed by atoms with van der Waals surface area (Å²) >= 11 is 8.32. The molecular weight excluding hydrogens is 527 g/mol. The molecule has 1 saturated carbocycles. The summed E-state index contributed by atoms with van der Waals surface area (Å²) in [7, 11) is 0. The van der Waals surface area contributed by atoms with E-state index >= 15 is 0 Å². The van der Waals surface area contributed by atoms with Gasteiger partial charge in [-0.05, 0) is 78.6 Å². The van der Waals surface area contributed by atoms with Crippen LogP contribution >= 0.6 is 34.2 Å². The molecule has 1 aliphatic carbocycles. The Kier molecular flexibility index (Phi) is 7.38. The summed E-state index contributed by atoms with van der Waals surface area (Å²) in [6.07, 6.45) is 5.74. The maximum absolute atomic E-state index is 12.9. The van der Waals surface area contributed by atoms with Gasteiger partial charge in [0.15, 0.2) is 5.75 Å². The molecule has 4 rings (SSSR count). The number of halogens is 2. The first-order valence-electron chi connectivity index (χ1n) is 10.8. The third kappa shape index (κ3) is 5.71. The van der Waals surface area contributed by atoms with Gasteiger partial charge in [-0.15, -0.1) is 0 Å². The predicted molar refractivity (Wildman–Crippen MR) is 131 cm³/mol. The number of anilines is 1. The van der Waals surface area contributed by atoms with E-state index < -0.39 is 0 Å². The van der Waals surface area contributed by atoms with Crippen LogP contribution in [0.4, 0.5) is 5.69 Å². The molecule has 2 aliphatic rings. The van der Waals surface area contributed by atoms with Crippen LogP contribution in [0.2, 0.25) is 5.02 Å². The summed E-state index contributed by atoms with van der Waals surface area (Å²) in [5, 5.41) is 3.63. The number of rotatable bonds is 5. The lowest BCUT2D eigenvalue weighted by molar-refractivity contribution is -0.138. The second kappa shape index (κ2) is 10.2. The van der Waals surface area contributed by atoms with Crippen molar-refractivity contribution in [2.75, 3.05) is 18.4 Å². The van der Waals surface area contributed by atoms with E-state index in [1.165, 1.54) is 0 Å². The maximum Gasteiger partial charge on any atom is 0.227 e. The Labute approximate surface area is 201 Å². The molecule has 2 fully saturated rings. The molecule has 2 aromatic rings. The third-order valence-electron chi connectivity index (χ3n) is 6.09. The normalized spacial score (nSPS) is 17.5. The maximum atomic E-state index is 12.9. The summed E-state index contributed by atoms with van der Waals surface area (Å²) in [6, 6.07) is 12.9. The van der Waals surface area contributed by atoms with Crippen LogP contribution < -0.4 is 10.1 Å². The standard InChI is InChI=1S/C24H26ClIN2O3/c25-18-13-19(26)15-20(14-18)31-22-8-4-3-7-21(22)27-23(29)16-9-11-28(12-10-16)24(30)17-5-1-2-6-17/h3-4,7-8,13-17H,1-2,5-6,9-12H2,(H,27,29). The van der Waals surface area contributed by atoms with Crippen molar-refractivity contribution in [3.8, 4) is 11.5 Å². The third-order valence-corrected chi connectivity index (χ3v) is 6.93. The van der Waals surface area contributed by atoms with Crippen LogP contribution in [-0.2, 0) is 9.59 Å². The van der Waals surface area contributed by atoms with Crippen LogP contribution in [0.1, 0.15) is 38.5 Å². The zero-order chi connectivity index (χ0) is 21.8. The van der Waals surface area contributed by atoms with E-state index in [1.807, 2.05) is 41.3 Å². The number of amides is 2. The van der Waals surface area contributed by atoms with Crippen molar-refractivity contribution in [3.05, 3.63) is 51.1 Å². The Morgan fingerprint density at radius 2 is 1.71 bits per heavy atom. The summed E-state index contributed by atoms with van der Waals surface area (Å²) in [4.78, 5) is 27.5. The molecule has 0 aromatic heterocycles. The molecule has 1 N–H and O–H groups in total. The number of hydrogen-bond acceptors (Lipinski definition) is 3. The molecule has 1 saturated heterocycles. The Hall–Kier alpha value is -1.80. The number of likely N-dealkylation sites (tertiary alicyclic amines) is 1. The smallest absolute Gasteiger partial charge is 0.227 e. The SMILES string of the molecule is O=C(Nc1ccccc1Oc1cc(Cl)cc(I)c1)C1CCN(C(=O)C2CCCC2)CC1. The molecule has 0 unspecified atom stereocenters. The summed E-state index contributed by atoms with van der Waals surface area (Å²) in [5.74, 6) is 1.55. The molecule has 0 bridgehead atoms. The highest BCUT2D eigenvalue weighted by atomic mass is 127. The lowest BCUT2D eigenvalue weighted by atomic mass is 9.94. The molecule has 0 radical (unpaired) electrons. The summed E-state index contributed by atoms with van der Waals surface area (Å²) in [6.45, 7) is 1.32. The second-order valence-corrected chi connectivity index (χ2v) is 9.96. The minimum atomic E-state index is -0.104. The van der Waals surface area contributed by atoms with Crippen LogP contribution in [0.25, 0.3) is 0 Å². The monoisotopic (exact) mass is 552 g/mol. The van der Waals surface area contributed by atoms with Crippen LogP contribution in [-0.4, -0.2) is 29.8 Å². The molecular formula is C24H26ClIN2O3. The summed E-state index contributed by atoms with van der Waals surface area (Å²) < 4.78 is 6.98. The highest BCUT2D eigenvalue weighted by Crippen LogP contribution is 2.33. The molecule has 1 aliphatic heterocycles. The van der Waals surface area contributed by atoms with Gasteiger partial charge in [0.25, 0.3) is 0 Å². The van der Waals surface area contributed by atoms with Crippen LogP contribution in [0.5, 0.6) is 11.5 Å². The van der Waals surface area contributed by atoms with Crippen LogP contribution in [0.15, 0.2) is 42.5 Å². The van der Waals surface area contributed by atoms with Gasteiger partial charge in [-0.1, -0.05) is 36.6 Å². The quantitative estimate of drug-likeness (QED) is 0.456. The lowest BCUT2D eigenvalue weighted by Crippen LogP contribution is -2.43. The number of nitrogens with zero attached hydrogens (tertiary/aromatic N) is 1. The van der Waals surface area contributed by atoms with Crippen LogP contribution in [0.3, 0.4) is 0 Å². The van der Waals surface area contributed by atoms with Crippen molar-refractivity contribution in [1.82, 2.24) is 4.90 Å². The Morgan fingerprint density at radius 3 is 2.42 bits per heavy atom. The van der Waals surface area contributed by atoms with Gasteiger partial charge in [-0.3, -0.25) is 9.59 Å². The first-order valence-corrected chi connectivity index (χ1v) is 12.3. The predicted octanol–water partition coefficient (Wildman–Crippen LogP) is 6.10. The lowest BCUT2D eigenvalue weighted by Gasteiger charge is -2.33. The van der Waals surface area contributed by atoms with Gasteiger partial charge >= 0.3 is 0 Å². The van der Waals surface area contributed by atoms with Gasteiger partial charge < -0.3 is 15.0 Å². The van der Waals surface area contributed by atoms with Crippen molar-refractivity contribution < 1.29 is 14.3 Å². The zero-order valence-corrected chi connectivity index (χ0v) is 20.2. The molecule has 7 heteroatoms. The summed E-state index contributed by atoms with van der Waals surface area (Å²) in [5.41, 5.74) is 0.631. The first kappa shape index (κ1) is 22.4. The van der Waals surface area contributed by atoms with Crippen molar-refractivity contribution in [1.29, 1.82) is 0 Å².